The second kappa shape index (κ2) is 7.66. The number of fused-ring (bicyclic) bond motifs is 2. The molecule has 0 atom stereocenters. The van der Waals surface area contributed by atoms with E-state index in [4.69, 9.17) is 5.21 Å². The summed E-state index contributed by atoms with van der Waals surface area (Å²) in [5.74, 6) is 0.307. The number of nitrogens with one attached hydrogen (secondary N) is 2. The van der Waals surface area contributed by atoms with Gasteiger partial charge in [-0.3, -0.25) is 19.4 Å². The quantitative estimate of drug-likeness (QED) is 0.361. The first-order chi connectivity index (χ1) is 13.6. The molecule has 28 heavy (non-hydrogen) atoms. The van der Waals surface area contributed by atoms with E-state index in [1.54, 1.807) is 16.1 Å². The number of nitrogens with zero attached hydrogens (tertiary/aromatic N) is 2. The van der Waals surface area contributed by atoms with Gasteiger partial charge < -0.3 is 5.32 Å². The molecule has 1 amide bonds. The number of carbonyl (C=O) groups excluding carboxylic acids is 1. The summed E-state index contributed by atoms with van der Waals surface area (Å²) in [6, 6.07) is 13.4. The van der Waals surface area contributed by atoms with Crippen molar-refractivity contribution >= 4 is 28.6 Å². The molecule has 3 N–H and O–H groups in total. The Morgan fingerprint density at radius 3 is 2.82 bits per heavy atom. The van der Waals surface area contributed by atoms with Gasteiger partial charge in [0.2, 0.25) is 0 Å². The first-order valence-electron chi connectivity index (χ1n) is 9.12. The van der Waals surface area contributed by atoms with Crippen LogP contribution >= 0.6 is 0 Å². The number of benzene rings is 2. The molecule has 0 saturated carbocycles. The first kappa shape index (κ1) is 17.9. The molecule has 0 aliphatic carbocycles. The molecule has 0 fully saturated rings. The molecule has 1 aliphatic heterocycles. The van der Waals surface area contributed by atoms with Gasteiger partial charge in [0, 0.05) is 31.3 Å². The molecular formula is C21H20N4O3. The lowest BCUT2D eigenvalue weighted by Gasteiger charge is -2.09. The van der Waals surface area contributed by atoms with Crippen LogP contribution in [0.1, 0.15) is 23.4 Å². The van der Waals surface area contributed by atoms with Crippen LogP contribution in [0.15, 0.2) is 53.3 Å². The van der Waals surface area contributed by atoms with Crippen LogP contribution in [-0.4, -0.2) is 20.7 Å². The number of hydroxylamine groups is 1. The van der Waals surface area contributed by atoms with E-state index < -0.39 is 5.91 Å². The molecule has 0 bridgehead atoms. The van der Waals surface area contributed by atoms with E-state index in [0.717, 1.165) is 47.5 Å². The van der Waals surface area contributed by atoms with Crippen LogP contribution in [0.3, 0.4) is 0 Å². The van der Waals surface area contributed by atoms with Gasteiger partial charge in [0.1, 0.15) is 5.82 Å². The highest BCUT2D eigenvalue weighted by atomic mass is 16.5. The average molecular weight is 376 g/mol. The second-order valence-electron chi connectivity index (χ2n) is 6.72. The molecule has 0 unspecified atom stereocenters. The minimum absolute atomic E-state index is 0.0317. The van der Waals surface area contributed by atoms with Crippen LogP contribution in [-0.2, 0) is 24.3 Å². The van der Waals surface area contributed by atoms with Gasteiger partial charge in [0.25, 0.3) is 11.5 Å². The summed E-state index contributed by atoms with van der Waals surface area (Å²) >= 11 is 0. The van der Waals surface area contributed by atoms with Gasteiger partial charge in [0.05, 0.1) is 10.9 Å². The van der Waals surface area contributed by atoms with E-state index in [0.29, 0.717) is 11.9 Å². The molecule has 0 saturated heterocycles. The summed E-state index contributed by atoms with van der Waals surface area (Å²) in [6.07, 6.45) is 4.71. The summed E-state index contributed by atoms with van der Waals surface area (Å²) in [4.78, 5) is 28.3. The lowest BCUT2D eigenvalue weighted by atomic mass is 10.1. The van der Waals surface area contributed by atoms with Crippen LogP contribution < -0.4 is 16.4 Å². The molecule has 2 heterocycles. The van der Waals surface area contributed by atoms with Crippen molar-refractivity contribution in [1.29, 1.82) is 0 Å². The Morgan fingerprint density at radius 2 is 2.04 bits per heavy atom. The molecule has 7 nitrogen and oxygen atoms in total. The van der Waals surface area contributed by atoms with Crippen molar-refractivity contribution in [1.82, 2.24) is 15.0 Å². The van der Waals surface area contributed by atoms with Crippen molar-refractivity contribution in [3.63, 3.8) is 0 Å². The number of hydrogen-bond donors (Lipinski definition) is 3. The van der Waals surface area contributed by atoms with Crippen LogP contribution in [0.25, 0.3) is 17.0 Å². The number of hydrogen-bond acceptors (Lipinski definition) is 5. The summed E-state index contributed by atoms with van der Waals surface area (Å²) < 4.78 is 1.77. The fourth-order valence-electron chi connectivity index (χ4n) is 3.35. The predicted octanol–water partition coefficient (Wildman–Crippen LogP) is 2.47. The molecule has 1 aliphatic rings. The van der Waals surface area contributed by atoms with E-state index in [2.05, 4.69) is 10.3 Å². The van der Waals surface area contributed by atoms with Crippen LogP contribution in [0.2, 0.25) is 0 Å². The van der Waals surface area contributed by atoms with Crippen LogP contribution in [0.4, 0.5) is 5.69 Å². The maximum absolute atomic E-state index is 12.7. The Bertz CT molecular complexity index is 1120. The fourth-order valence-corrected chi connectivity index (χ4v) is 3.35. The molecule has 1 aromatic heterocycles. The van der Waals surface area contributed by atoms with Gasteiger partial charge in [0.15, 0.2) is 0 Å². The summed E-state index contributed by atoms with van der Waals surface area (Å²) in [5.41, 5.74) is 5.11. The first-order valence-corrected chi connectivity index (χ1v) is 9.12. The largest absolute Gasteiger partial charge is 0.381 e. The zero-order valence-electron chi connectivity index (χ0n) is 15.2. The Hall–Kier alpha value is -3.45. The number of amides is 1. The van der Waals surface area contributed by atoms with Gasteiger partial charge in [-0.15, -0.1) is 0 Å². The molecule has 2 aromatic carbocycles. The van der Waals surface area contributed by atoms with Crippen molar-refractivity contribution in [3.8, 4) is 0 Å². The van der Waals surface area contributed by atoms with E-state index in [-0.39, 0.29) is 5.56 Å². The van der Waals surface area contributed by atoms with Crippen LogP contribution in [0, 0.1) is 0 Å². The Kier molecular flexibility index (Phi) is 4.90. The molecule has 0 radical (unpaired) electrons. The van der Waals surface area contributed by atoms with Gasteiger partial charge in [-0.05, 0) is 41.8 Å². The Labute approximate surface area is 161 Å². The minimum atomic E-state index is -0.571. The molecule has 0 spiro atoms. The van der Waals surface area contributed by atoms with E-state index in [9.17, 15) is 9.59 Å². The van der Waals surface area contributed by atoms with Gasteiger partial charge in [-0.25, -0.2) is 10.5 Å². The van der Waals surface area contributed by atoms with E-state index in [1.165, 1.54) is 6.08 Å². The average Bonchev–Trinajstić information content (AvgIpc) is 3.20. The zero-order chi connectivity index (χ0) is 19.5. The smallest absolute Gasteiger partial charge is 0.267 e. The molecule has 4 rings (SSSR count). The number of aryl methyl sites for hydroxylation is 1. The minimum Gasteiger partial charge on any atom is -0.381 e. The fraction of sp³-hybridized carbons (Fsp3) is 0.190. The van der Waals surface area contributed by atoms with Crippen LogP contribution in [0.5, 0.6) is 0 Å². The summed E-state index contributed by atoms with van der Waals surface area (Å²) in [7, 11) is 0. The maximum Gasteiger partial charge on any atom is 0.267 e. The summed E-state index contributed by atoms with van der Waals surface area (Å²) in [6.45, 7) is 1.35. The predicted molar refractivity (Wildman–Crippen MR) is 107 cm³/mol. The normalized spacial score (nSPS) is 13.0. The SMILES string of the molecule is O=C(/C=C/c1ccc(CNc2ccc3nc4n(c(=O)c3c2)CCC4)cc1)NO. The Balaban J connectivity index is 1.48. The highest BCUT2D eigenvalue weighted by Crippen LogP contribution is 2.19. The second-order valence-corrected chi connectivity index (χ2v) is 6.72. The van der Waals surface area contributed by atoms with Crippen molar-refractivity contribution < 1.29 is 10.0 Å². The van der Waals surface area contributed by atoms with Crippen molar-refractivity contribution in [2.24, 2.45) is 0 Å². The lowest BCUT2D eigenvalue weighted by molar-refractivity contribution is -0.124. The standard InChI is InChI=1S/C21H20N4O3/c26-20(24-28)10-7-14-3-5-15(6-4-14)13-22-16-8-9-18-17(12-16)21(27)25-11-1-2-19(25)23-18/h3-10,12,22,28H,1-2,11,13H2,(H,24,26)/b10-7+. The maximum atomic E-state index is 12.7. The van der Waals surface area contributed by atoms with Gasteiger partial charge >= 0.3 is 0 Å². The number of anilines is 1. The van der Waals surface area contributed by atoms with Crippen molar-refractivity contribution in [3.05, 3.63) is 75.8 Å². The van der Waals surface area contributed by atoms with Crippen molar-refractivity contribution in [2.75, 3.05) is 5.32 Å². The molecule has 3 aromatic rings. The third-order valence-corrected chi connectivity index (χ3v) is 4.83. The van der Waals surface area contributed by atoms with Gasteiger partial charge in [-0.1, -0.05) is 24.3 Å². The monoisotopic (exact) mass is 376 g/mol. The van der Waals surface area contributed by atoms with Crippen molar-refractivity contribution in [2.45, 2.75) is 25.9 Å². The van der Waals surface area contributed by atoms with Gasteiger partial charge in [-0.2, -0.15) is 0 Å². The van der Waals surface area contributed by atoms with E-state index >= 15 is 0 Å². The molecule has 7 heteroatoms. The highest BCUT2D eigenvalue weighted by Gasteiger charge is 2.16. The summed E-state index contributed by atoms with van der Waals surface area (Å²) in [5, 5.41) is 12.5. The molecule has 142 valence electrons. The molecular weight excluding hydrogens is 356 g/mol. The number of aromatic nitrogens is 2. The number of rotatable bonds is 5. The third-order valence-electron chi connectivity index (χ3n) is 4.83. The lowest BCUT2D eigenvalue weighted by Crippen LogP contribution is -2.20. The third kappa shape index (κ3) is 3.65. The van der Waals surface area contributed by atoms with E-state index in [1.807, 2.05) is 42.5 Å². The topological polar surface area (TPSA) is 96.2 Å². The Morgan fingerprint density at radius 1 is 1.21 bits per heavy atom. The zero-order valence-corrected chi connectivity index (χ0v) is 15.2. The number of carbonyl (C=O) groups is 1. The highest BCUT2D eigenvalue weighted by molar-refractivity contribution is 5.90.